The molecule has 0 spiro atoms. The lowest BCUT2D eigenvalue weighted by molar-refractivity contribution is -0.142. The Morgan fingerprint density at radius 1 is 1.21 bits per heavy atom. The van der Waals surface area contributed by atoms with Crippen molar-refractivity contribution in [1.82, 2.24) is 19.7 Å². The Morgan fingerprint density at radius 3 is 2.34 bits per heavy atom. The second kappa shape index (κ2) is 8.27. The molecule has 1 aliphatic rings. The van der Waals surface area contributed by atoms with Crippen molar-refractivity contribution in [2.24, 2.45) is 0 Å². The second-order valence-electron chi connectivity index (χ2n) is 6.91. The topological polar surface area (TPSA) is 90.2 Å². The predicted molar refractivity (Wildman–Crippen MR) is 98.8 cm³/mol. The number of alkyl halides is 3. The molecular weight excluding hydrogens is 411 g/mol. The third-order valence-corrected chi connectivity index (χ3v) is 5.27. The minimum absolute atomic E-state index is 0.241. The summed E-state index contributed by atoms with van der Waals surface area (Å²) in [6.45, 7) is 2.46. The maximum Gasteiger partial charge on any atom is 0.435 e. The van der Waals surface area contributed by atoms with Gasteiger partial charge in [-0.2, -0.15) is 26.7 Å². The largest absolute Gasteiger partial charge is 0.435 e. The molecule has 2 aromatic heterocycles. The van der Waals surface area contributed by atoms with Gasteiger partial charge < -0.3 is 4.90 Å². The normalized spacial score (nSPS) is 16.4. The molecule has 0 N–H and O–H groups in total. The van der Waals surface area contributed by atoms with E-state index in [1.807, 2.05) is 11.8 Å². The summed E-state index contributed by atoms with van der Waals surface area (Å²) in [5.74, 6) is 0.597. The van der Waals surface area contributed by atoms with E-state index in [0.29, 0.717) is 31.9 Å². The van der Waals surface area contributed by atoms with Gasteiger partial charge in [0.15, 0.2) is 5.69 Å². The fourth-order valence-corrected chi connectivity index (χ4v) is 3.50. The molecule has 1 aliphatic heterocycles. The molecule has 0 radical (unpaired) electrons. The summed E-state index contributed by atoms with van der Waals surface area (Å²) in [6, 6.07) is -0.241. The van der Waals surface area contributed by atoms with Crippen molar-refractivity contribution in [3.05, 3.63) is 35.4 Å². The van der Waals surface area contributed by atoms with Crippen LogP contribution in [0.4, 0.5) is 19.1 Å². The Kier molecular flexibility index (Phi) is 6.13. The molecule has 8 nitrogen and oxygen atoms in total. The van der Waals surface area contributed by atoms with Gasteiger partial charge in [-0.05, 0) is 24.8 Å². The highest BCUT2D eigenvalue weighted by molar-refractivity contribution is 7.85. The molecule has 0 saturated carbocycles. The zero-order valence-corrected chi connectivity index (χ0v) is 16.9. The van der Waals surface area contributed by atoms with Gasteiger partial charge in [-0.25, -0.2) is 9.97 Å². The highest BCUT2D eigenvalue weighted by Crippen LogP contribution is 2.33. The SMILES string of the molecule is CCc1cnc(N2CCC(n3cc(COS(C)(=O)=O)c(C(F)(F)F)n3)CC2)nc1. The first-order chi connectivity index (χ1) is 13.6. The lowest BCUT2D eigenvalue weighted by Crippen LogP contribution is -2.36. The fraction of sp³-hybridized carbons (Fsp3) is 0.588. The van der Waals surface area contributed by atoms with E-state index in [9.17, 15) is 21.6 Å². The fourth-order valence-electron chi connectivity index (χ4n) is 3.16. The van der Waals surface area contributed by atoms with E-state index in [2.05, 4.69) is 19.2 Å². The molecule has 2 aromatic rings. The van der Waals surface area contributed by atoms with Crippen LogP contribution in [0, 0.1) is 0 Å². The summed E-state index contributed by atoms with van der Waals surface area (Å²) < 4.78 is 67.9. The maximum absolute atomic E-state index is 13.3. The second-order valence-corrected chi connectivity index (χ2v) is 8.55. The maximum atomic E-state index is 13.3. The van der Waals surface area contributed by atoms with Crippen molar-refractivity contribution in [2.45, 2.75) is 45.0 Å². The number of rotatable bonds is 6. The molecule has 0 amide bonds. The Balaban J connectivity index is 1.71. The van der Waals surface area contributed by atoms with E-state index in [1.54, 1.807) is 12.4 Å². The first kappa shape index (κ1) is 21.5. The number of hydrogen-bond acceptors (Lipinski definition) is 7. The van der Waals surface area contributed by atoms with Crippen LogP contribution in [0.3, 0.4) is 0 Å². The minimum atomic E-state index is -4.70. The van der Waals surface area contributed by atoms with E-state index >= 15 is 0 Å². The van der Waals surface area contributed by atoms with Crippen LogP contribution in [-0.4, -0.2) is 47.5 Å². The molecule has 1 fully saturated rings. The van der Waals surface area contributed by atoms with E-state index in [0.717, 1.165) is 18.2 Å². The van der Waals surface area contributed by atoms with Gasteiger partial charge in [0.2, 0.25) is 5.95 Å². The zero-order chi connectivity index (χ0) is 21.2. The molecule has 0 unspecified atom stereocenters. The Labute approximate surface area is 166 Å². The van der Waals surface area contributed by atoms with E-state index in [-0.39, 0.29) is 11.6 Å². The number of nitrogens with zero attached hydrogens (tertiary/aromatic N) is 5. The molecule has 12 heteroatoms. The summed E-state index contributed by atoms with van der Waals surface area (Å²) in [7, 11) is -3.87. The number of piperidine rings is 1. The Bertz CT molecular complexity index is 936. The standard InChI is InChI=1S/C17H22F3N5O3S/c1-3-12-8-21-16(22-9-12)24-6-4-14(5-7-24)25-10-13(11-28-29(2,26)27)15(23-25)17(18,19)20/h8-10,14H,3-7,11H2,1-2H3. The van der Waals surface area contributed by atoms with E-state index in [1.165, 1.54) is 10.9 Å². The van der Waals surface area contributed by atoms with Gasteiger partial charge in [0, 0.05) is 37.2 Å². The highest BCUT2D eigenvalue weighted by atomic mass is 32.2. The molecular formula is C17H22F3N5O3S. The van der Waals surface area contributed by atoms with Crippen molar-refractivity contribution in [2.75, 3.05) is 24.2 Å². The minimum Gasteiger partial charge on any atom is -0.341 e. The lowest BCUT2D eigenvalue weighted by Gasteiger charge is -2.32. The molecule has 0 bridgehead atoms. The number of anilines is 1. The molecule has 29 heavy (non-hydrogen) atoms. The molecule has 0 atom stereocenters. The zero-order valence-electron chi connectivity index (χ0n) is 16.1. The molecule has 3 rings (SSSR count). The van der Waals surface area contributed by atoms with Gasteiger partial charge in [0.1, 0.15) is 0 Å². The molecule has 0 aromatic carbocycles. The van der Waals surface area contributed by atoms with Crippen molar-refractivity contribution < 1.29 is 25.8 Å². The summed E-state index contributed by atoms with van der Waals surface area (Å²) in [6.07, 6.45) is 2.81. The molecule has 1 saturated heterocycles. The Hall–Kier alpha value is -2.21. The van der Waals surface area contributed by atoms with Gasteiger partial charge in [0.25, 0.3) is 10.1 Å². The van der Waals surface area contributed by atoms with Crippen LogP contribution in [0.25, 0.3) is 0 Å². The third kappa shape index (κ3) is 5.44. The van der Waals surface area contributed by atoms with Gasteiger partial charge in [0.05, 0.1) is 18.9 Å². The molecule has 0 aliphatic carbocycles. The molecule has 160 valence electrons. The first-order valence-electron chi connectivity index (χ1n) is 9.12. The smallest absolute Gasteiger partial charge is 0.341 e. The molecule has 3 heterocycles. The third-order valence-electron chi connectivity index (χ3n) is 4.73. The van der Waals surface area contributed by atoms with Gasteiger partial charge in [-0.3, -0.25) is 8.86 Å². The van der Waals surface area contributed by atoms with Crippen LogP contribution in [0.2, 0.25) is 0 Å². The average Bonchev–Trinajstić information content (AvgIpc) is 3.11. The van der Waals surface area contributed by atoms with Crippen LogP contribution >= 0.6 is 0 Å². The van der Waals surface area contributed by atoms with Crippen LogP contribution < -0.4 is 4.90 Å². The average molecular weight is 433 g/mol. The van der Waals surface area contributed by atoms with Crippen molar-refractivity contribution >= 4 is 16.1 Å². The summed E-state index contributed by atoms with van der Waals surface area (Å²) in [5, 5.41) is 3.69. The van der Waals surface area contributed by atoms with Crippen LogP contribution in [0.1, 0.15) is 42.6 Å². The van der Waals surface area contributed by atoms with E-state index < -0.39 is 28.6 Å². The predicted octanol–water partition coefficient (Wildman–Crippen LogP) is 2.57. The van der Waals surface area contributed by atoms with Gasteiger partial charge in [-0.1, -0.05) is 6.92 Å². The lowest BCUT2D eigenvalue weighted by atomic mass is 10.1. The number of halogens is 3. The highest BCUT2D eigenvalue weighted by Gasteiger charge is 2.38. The van der Waals surface area contributed by atoms with Crippen molar-refractivity contribution in [1.29, 1.82) is 0 Å². The summed E-state index contributed by atoms with van der Waals surface area (Å²) in [5.41, 5.74) is -0.394. The number of hydrogen-bond donors (Lipinski definition) is 0. The monoisotopic (exact) mass is 433 g/mol. The van der Waals surface area contributed by atoms with Gasteiger partial charge in [-0.15, -0.1) is 0 Å². The van der Waals surface area contributed by atoms with Gasteiger partial charge >= 0.3 is 6.18 Å². The summed E-state index contributed by atoms with van der Waals surface area (Å²) in [4.78, 5) is 10.7. The summed E-state index contributed by atoms with van der Waals surface area (Å²) >= 11 is 0. The van der Waals surface area contributed by atoms with E-state index in [4.69, 9.17) is 0 Å². The number of aromatic nitrogens is 4. The van der Waals surface area contributed by atoms with Crippen LogP contribution in [0.5, 0.6) is 0 Å². The van der Waals surface area contributed by atoms with Crippen molar-refractivity contribution in [3.8, 4) is 0 Å². The quantitative estimate of drug-likeness (QED) is 0.647. The van der Waals surface area contributed by atoms with Crippen LogP contribution in [0.15, 0.2) is 18.6 Å². The Morgan fingerprint density at radius 2 is 1.83 bits per heavy atom. The number of aryl methyl sites for hydroxylation is 1. The van der Waals surface area contributed by atoms with Crippen LogP contribution in [-0.2, 0) is 33.5 Å². The first-order valence-corrected chi connectivity index (χ1v) is 10.9. The van der Waals surface area contributed by atoms with Crippen molar-refractivity contribution in [3.63, 3.8) is 0 Å².